The Hall–Kier alpha value is -1.10. The van der Waals surface area contributed by atoms with Crippen LogP contribution in [0.1, 0.15) is 37.4 Å². The summed E-state index contributed by atoms with van der Waals surface area (Å²) in [6.07, 6.45) is -3.70. The molecule has 1 fully saturated rings. The second-order valence-electron chi connectivity index (χ2n) is 5.80. The molecule has 1 aliphatic carbocycles. The Labute approximate surface area is 110 Å². The molecular formula is C14H17F4N. The zero-order valence-corrected chi connectivity index (χ0v) is 11.1. The van der Waals surface area contributed by atoms with E-state index in [9.17, 15) is 17.6 Å². The van der Waals surface area contributed by atoms with E-state index in [1.807, 2.05) is 0 Å². The van der Waals surface area contributed by atoms with E-state index in [1.54, 1.807) is 7.05 Å². The van der Waals surface area contributed by atoms with Crippen LogP contribution in [0.4, 0.5) is 17.6 Å². The van der Waals surface area contributed by atoms with Gasteiger partial charge in [0.05, 0.1) is 5.56 Å². The molecule has 106 valence electrons. The van der Waals surface area contributed by atoms with Crippen LogP contribution in [0.5, 0.6) is 0 Å². The lowest BCUT2D eigenvalue weighted by Gasteiger charge is -2.20. The lowest BCUT2D eigenvalue weighted by molar-refractivity contribution is -0.140. The average Bonchev–Trinajstić information content (AvgIpc) is 2.89. The highest BCUT2D eigenvalue weighted by molar-refractivity contribution is 5.31. The Morgan fingerprint density at radius 2 is 1.89 bits per heavy atom. The van der Waals surface area contributed by atoms with Crippen LogP contribution < -0.4 is 5.32 Å². The first-order valence-electron chi connectivity index (χ1n) is 6.21. The summed E-state index contributed by atoms with van der Waals surface area (Å²) in [4.78, 5) is 0. The van der Waals surface area contributed by atoms with E-state index in [2.05, 4.69) is 19.2 Å². The van der Waals surface area contributed by atoms with E-state index in [1.165, 1.54) is 6.07 Å². The van der Waals surface area contributed by atoms with Crippen LogP contribution >= 0.6 is 0 Å². The van der Waals surface area contributed by atoms with E-state index in [0.717, 1.165) is 18.6 Å². The van der Waals surface area contributed by atoms with Gasteiger partial charge in [0.25, 0.3) is 0 Å². The van der Waals surface area contributed by atoms with Crippen LogP contribution in [-0.4, -0.2) is 7.05 Å². The van der Waals surface area contributed by atoms with Gasteiger partial charge in [0.15, 0.2) is 0 Å². The van der Waals surface area contributed by atoms with Crippen molar-refractivity contribution in [2.75, 3.05) is 7.05 Å². The van der Waals surface area contributed by atoms with Crippen molar-refractivity contribution in [1.29, 1.82) is 0 Å². The third-order valence-electron chi connectivity index (χ3n) is 3.96. The largest absolute Gasteiger partial charge is 0.419 e. The number of benzene rings is 1. The number of rotatable bonds is 3. The molecule has 0 aliphatic heterocycles. The molecule has 1 saturated carbocycles. The third kappa shape index (κ3) is 2.76. The van der Waals surface area contributed by atoms with Crippen molar-refractivity contribution in [2.45, 2.75) is 32.5 Å². The van der Waals surface area contributed by atoms with Gasteiger partial charge in [-0.25, -0.2) is 4.39 Å². The van der Waals surface area contributed by atoms with Gasteiger partial charge in [-0.05, 0) is 42.5 Å². The maximum atomic E-state index is 13.3. The molecule has 0 spiro atoms. The summed E-state index contributed by atoms with van der Waals surface area (Å²) in [6, 6.07) is 3.08. The molecule has 1 nitrogen and oxygen atoms in total. The summed E-state index contributed by atoms with van der Waals surface area (Å²) in [5.74, 6) is -0.940. The van der Waals surface area contributed by atoms with Crippen LogP contribution in [0.3, 0.4) is 0 Å². The Morgan fingerprint density at radius 3 is 2.32 bits per heavy atom. The molecule has 0 bridgehead atoms. The normalized spacial score (nSPS) is 23.2. The molecule has 0 radical (unpaired) electrons. The molecule has 0 amide bonds. The quantitative estimate of drug-likeness (QED) is 0.817. The Morgan fingerprint density at radius 1 is 1.32 bits per heavy atom. The standard InChI is InChI=1S/C14H17F4N/c1-13(2)7-10(13)12(19-3)8-4-5-11(15)9(6-8)14(16,17)18/h4-6,10,12,19H,7H2,1-3H3. The lowest BCUT2D eigenvalue weighted by Crippen LogP contribution is -2.21. The minimum atomic E-state index is -4.66. The fraction of sp³-hybridized carbons (Fsp3) is 0.571. The van der Waals surface area contributed by atoms with E-state index in [-0.39, 0.29) is 17.4 Å². The van der Waals surface area contributed by atoms with Crippen molar-refractivity contribution in [3.63, 3.8) is 0 Å². The van der Waals surface area contributed by atoms with Crippen LogP contribution in [0.2, 0.25) is 0 Å². The molecule has 0 saturated heterocycles. The third-order valence-corrected chi connectivity index (χ3v) is 3.96. The minimum Gasteiger partial charge on any atom is -0.313 e. The summed E-state index contributed by atoms with van der Waals surface area (Å²) >= 11 is 0. The highest BCUT2D eigenvalue weighted by Crippen LogP contribution is 2.57. The van der Waals surface area contributed by atoms with Gasteiger partial charge in [-0.3, -0.25) is 0 Å². The molecule has 2 unspecified atom stereocenters. The molecule has 0 aromatic heterocycles. The average molecular weight is 275 g/mol. The van der Waals surface area contributed by atoms with Crippen molar-refractivity contribution < 1.29 is 17.6 Å². The van der Waals surface area contributed by atoms with Crippen molar-refractivity contribution in [1.82, 2.24) is 5.32 Å². The van der Waals surface area contributed by atoms with Gasteiger partial charge in [-0.15, -0.1) is 0 Å². The SMILES string of the molecule is CNC(c1ccc(F)c(C(F)(F)F)c1)C1CC1(C)C. The molecule has 1 N–H and O–H groups in total. The second kappa shape index (κ2) is 4.47. The minimum absolute atomic E-state index is 0.125. The predicted molar refractivity (Wildman–Crippen MR) is 65.1 cm³/mol. The van der Waals surface area contributed by atoms with Crippen LogP contribution in [-0.2, 0) is 6.18 Å². The molecule has 2 rings (SSSR count). The molecule has 5 heteroatoms. The summed E-state index contributed by atoms with van der Waals surface area (Å²) < 4.78 is 51.4. The molecular weight excluding hydrogens is 258 g/mol. The van der Waals surface area contributed by atoms with Crippen LogP contribution in [0, 0.1) is 17.2 Å². The van der Waals surface area contributed by atoms with Gasteiger partial charge in [-0.2, -0.15) is 13.2 Å². The maximum Gasteiger partial charge on any atom is 0.419 e. The summed E-state index contributed by atoms with van der Waals surface area (Å²) in [5, 5.41) is 3.04. The molecule has 1 aromatic rings. The number of nitrogens with one attached hydrogen (secondary N) is 1. The Bertz CT molecular complexity index is 479. The first kappa shape index (κ1) is 14.3. The summed E-state index contributed by atoms with van der Waals surface area (Å²) in [5.41, 5.74) is -0.573. The van der Waals surface area contributed by atoms with Crippen molar-refractivity contribution in [3.05, 3.63) is 35.1 Å². The van der Waals surface area contributed by atoms with E-state index < -0.39 is 17.6 Å². The molecule has 19 heavy (non-hydrogen) atoms. The van der Waals surface area contributed by atoms with Gasteiger partial charge >= 0.3 is 6.18 Å². The summed E-state index contributed by atoms with van der Waals surface area (Å²) in [7, 11) is 1.72. The smallest absolute Gasteiger partial charge is 0.313 e. The maximum absolute atomic E-state index is 13.3. The predicted octanol–water partition coefficient (Wildman–Crippen LogP) is 4.15. The molecule has 0 heterocycles. The Balaban J connectivity index is 2.35. The first-order chi connectivity index (χ1) is 8.66. The number of hydrogen-bond acceptors (Lipinski definition) is 1. The molecule has 1 aliphatic rings. The van der Waals surface area contributed by atoms with Crippen molar-refractivity contribution in [3.8, 4) is 0 Å². The second-order valence-corrected chi connectivity index (χ2v) is 5.80. The van der Waals surface area contributed by atoms with E-state index in [0.29, 0.717) is 5.56 Å². The van der Waals surface area contributed by atoms with Gasteiger partial charge in [-0.1, -0.05) is 19.9 Å². The first-order valence-corrected chi connectivity index (χ1v) is 6.21. The zero-order chi connectivity index (χ0) is 14.4. The van der Waals surface area contributed by atoms with Crippen LogP contribution in [0.15, 0.2) is 18.2 Å². The van der Waals surface area contributed by atoms with Gasteiger partial charge in [0.1, 0.15) is 5.82 Å². The Kier molecular flexibility index (Phi) is 3.37. The zero-order valence-electron chi connectivity index (χ0n) is 11.1. The van der Waals surface area contributed by atoms with E-state index in [4.69, 9.17) is 0 Å². The van der Waals surface area contributed by atoms with Crippen LogP contribution in [0.25, 0.3) is 0 Å². The number of alkyl halides is 3. The van der Waals surface area contributed by atoms with E-state index >= 15 is 0 Å². The van der Waals surface area contributed by atoms with Crippen molar-refractivity contribution >= 4 is 0 Å². The summed E-state index contributed by atoms with van der Waals surface area (Å²) in [6.45, 7) is 4.16. The fourth-order valence-electron chi connectivity index (χ4n) is 2.63. The highest BCUT2D eigenvalue weighted by Gasteiger charge is 2.50. The monoisotopic (exact) mass is 275 g/mol. The topological polar surface area (TPSA) is 12.0 Å². The molecule has 1 aromatic carbocycles. The highest BCUT2D eigenvalue weighted by atomic mass is 19.4. The lowest BCUT2D eigenvalue weighted by atomic mass is 9.95. The van der Waals surface area contributed by atoms with Gasteiger partial charge in [0, 0.05) is 6.04 Å². The number of hydrogen-bond donors (Lipinski definition) is 1. The van der Waals surface area contributed by atoms with Gasteiger partial charge < -0.3 is 5.32 Å². The fourth-order valence-corrected chi connectivity index (χ4v) is 2.63. The van der Waals surface area contributed by atoms with Crippen molar-refractivity contribution in [2.24, 2.45) is 11.3 Å². The molecule has 2 atom stereocenters. The van der Waals surface area contributed by atoms with Gasteiger partial charge in [0.2, 0.25) is 0 Å². The number of halogens is 4.